The molecule has 1 amide bonds. The molecule has 0 aromatic rings. The van der Waals surface area contributed by atoms with Gasteiger partial charge < -0.3 is 15.4 Å². The summed E-state index contributed by atoms with van der Waals surface area (Å²) in [4.78, 5) is 11.8. The van der Waals surface area contributed by atoms with Crippen LogP contribution in [0.3, 0.4) is 0 Å². The minimum atomic E-state index is 0.0638. The van der Waals surface area contributed by atoms with Gasteiger partial charge in [0.05, 0.1) is 12.1 Å². The largest absolute Gasteiger partial charge is 0.376 e. The second-order valence-corrected chi connectivity index (χ2v) is 4.28. The van der Waals surface area contributed by atoms with Gasteiger partial charge in [-0.3, -0.25) is 4.79 Å². The molecule has 4 nitrogen and oxygen atoms in total. The molecule has 0 bridgehead atoms. The Hall–Kier alpha value is -0.870. The average molecular weight is 210 g/mol. The average Bonchev–Trinajstić information content (AvgIpc) is 2.49. The van der Waals surface area contributed by atoms with E-state index in [1.807, 2.05) is 13.8 Å². The van der Waals surface area contributed by atoms with Crippen molar-refractivity contribution in [1.82, 2.24) is 10.6 Å². The van der Waals surface area contributed by atoms with Gasteiger partial charge in [0.25, 0.3) is 0 Å². The molecule has 0 spiro atoms. The van der Waals surface area contributed by atoms with Crippen LogP contribution in [0.2, 0.25) is 0 Å². The van der Waals surface area contributed by atoms with E-state index in [-0.39, 0.29) is 18.1 Å². The van der Waals surface area contributed by atoms with Crippen LogP contribution in [0.15, 0.2) is 11.1 Å². The molecule has 2 rings (SSSR count). The Labute approximate surface area is 90.1 Å². The highest BCUT2D eigenvalue weighted by Gasteiger charge is 2.26. The molecule has 2 aliphatic rings. The fourth-order valence-electron chi connectivity index (χ4n) is 1.87. The summed E-state index contributed by atoms with van der Waals surface area (Å²) >= 11 is 0. The van der Waals surface area contributed by atoms with Crippen LogP contribution in [0, 0.1) is 0 Å². The van der Waals surface area contributed by atoms with E-state index in [4.69, 9.17) is 4.74 Å². The second-order valence-electron chi connectivity index (χ2n) is 4.28. The predicted octanol–water partition coefficient (Wildman–Crippen LogP) is 0.200. The first-order valence-electron chi connectivity index (χ1n) is 5.50. The molecule has 0 aromatic carbocycles. The van der Waals surface area contributed by atoms with E-state index < -0.39 is 0 Å². The smallest absolute Gasteiger partial charge is 0.247 e. The maximum absolute atomic E-state index is 11.8. The third-order valence-electron chi connectivity index (χ3n) is 3.24. The Balaban J connectivity index is 1.91. The Morgan fingerprint density at radius 3 is 2.73 bits per heavy atom. The Morgan fingerprint density at radius 2 is 2.27 bits per heavy atom. The van der Waals surface area contributed by atoms with Gasteiger partial charge in [-0.15, -0.1) is 0 Å². The third kappa shape index (κ3) is 2.21. The van der Waals surface area contributed by atoms with Crippen LogP contribution >= 0.6 is 0 Å². The van der Waals surface area contributed by atoms with Crippen LogP contribution in [-0.2, 0) is 9.53 Å². The van der Waals surface area contributed by atoms with Crippen molar-refractivity contribution < 1.29 is 9.53 Å². The first-order valence-corrected chi connectivity index (χ1v) is 5.50. The van der Waals surface area contributed by atoms with E-state index in [0.717, 1.165) is 31.7 Å². The van der Waals surface area contributed by atoms with Crippen LogP contribution < -0.4 is 10.6 Å². The summed E-state index contributed by atoms with van der Waals surface area (Å²) < 4.78 is 5.40. The normalized spacial score (nSPS) is 29.9. The standard InChI is InChI=1S/C11H18N2O2/c1-7(9-5-12-6-9)11(14)13-10-3-4-15-8(10)2/h8,10,12H,3-6H2,1-2H3,(H,13,14). The zero-order valence-electron chi connectivity index (χ0n) is 9.30. The second kappa shape index (κ2) is 4.33. The van der Waals surface area contributed by atoms with Crippen LogP contribution in [0.1, 0.15) is 20.3 Å². The van der Waals surface area contributed by atoms with Crippen molar-refractivity contribution in [3.63, 3.8) is 0 Å². The van der Waals surface area contributed by atoms with Gasteiger partial charge in [0.1, 0.15) is 0 Å². The van der Waals surface area contributed by atoms with Gasteiger partial charge >= 0.3 is 0 Å². The molecule has 2 fully saturated rings. The van der Waals surface area contributed by atoms with Crippen molar-refractivity contribution in [3.05, 3.63) is 11.1 Å². The lowest BCUT2D eigenvalue weighted by Crippen LogP contribution is -2.42. The number of hydrogen-bond acceptors (Lipinski definition) is 3. The van der Waals surface area contributed by atoms with Crippen LogP contribution in [-0.4, -0.2) is 37.7 Å². The Bertz CT molecular complexity index is 293. The van der Waals surface area contributed by atoms with Gasteiger partial charge in [-0.1, -0.05) is 0 Å². The van der Waals surface area contributed by atoms with E-state index in [2.05, 4.69) is 10.6 Å². The topological polar surface area (TPSA) is 50.4 Å². The molecule has 2 aliphatic heterocycles. The molecule has 2 saturated heterocycles. The number of carbonyl (C=O) groups is 1. The molecule has 4 heteroatoms. The van der Waals surface area contributed by atoms with Gasteiger partial charge in [0, 0.05) is 25.3 Å². The predicted molar refractivity (Wildman–Crippen MR) is 57.5 cm³/mol. The molecule has 2 unspecified atom stereocenters. The molecule has 0 radical (unpaired) electrons. The lowest BCUT2D eigenvalue weighted by atomic mass is 10.0. The fourth-order valence-corrected chi connectivity index (χ4v) is 1.87. The lowest BCUT2D eigenvalue weighted by Gasteiger charge is -2.23. The van der Waals surface area contributed by atoms with E-state index >= 15 is 0 Å². The minimum absolute atomic E-state index is 0.0638. The third-order valence-corrected chi connectivity index (χ3v) is 3.24. The lowest BCUT2D eigenvalue weighted by molar-refractivity contribution is -0.118. The van der Waals surface area contributed by atoms with Crippen molar-refractivity contribution in [2.45, 2.75) is 32.4 Å². The summed E-state index contributed by atoms with van der Waals surface area (Å²) in [6, 6.07) is 0.182. The van der Waals surface area contributed by atoms with E-state index in [0.29, 0.717) is 0 Å². The van der Waals surface area contributed by atoms with Crippen molar-refractivity contribution in [3.8, 4) is 0 Å². The summed E-state index contributed by atoms with van der Waals surface area (Å²) in [6.07, 6.45) is 1.07. The number of ether oxygens (including phenoxy) is 1. The van der Waals surface area contributed by atoms with Gasteiger partial charge in [-0.2, -0.15) is 0 Å². The molecule has 15 heavy (non-hydrogen) atoms. The maximum atomic E-state index is 11.8. The van der Waals surface area contributed by atoms with E-state index in [1.165, 1.54) is 5.57 Å². The van der Waals surface area contributed by atoms with Crippen molar-refractivity contribution in [2.75, 3.05) is 19.7 Å². The van der Waals surface area contributed by atoms with Gasteiger partial charge in [0.15, 0.2) is 0 Å². The number of rotatable bonds is 2. The molecule has 0 aliphatic carbocycles. The zero-order valence-corrected chi connectivity index (χ0v) is 9.30. The quantitative estimate of drug-likeness (QED) is 0.640. The molecule has 84 valence electrons. The van der Waals surface area contributed by atoms with Crippen molar-refractivity contribution in [1.29, 1.82) is 0 Å². The monoisotopic (exact) mass is 210 g/mol. The highest BCUT2D eigenvalue weighted by Crippen LogP contribution is 2.14. The minimum Gasteiger partial charge on any atom is -0.376 e. The molecular weight excluding hydrogens is 192 g/mol. The van der Waals surface area contributed by atoms with Gasteiger partial charge in [0.2, 0.25) is 5.91 Å². The van der Waals surface area contributed by atoms with E-state index in [9.17, 15) is 4.79 Å². The number of nitrogens with one attached hydrogen (secondary N) is 2. The first kappa shape index (κ1) is 10.6. The molecule has 2 atom stereocenters. The SMILES string of the molecule is CC(C(=O)NC1CCOC1C)=C1CNC1. The summed E-state index contributed by atoms with van der Waals surface area (Å²) in [5.41, 5.74) is 2.09. The van der Waals surface area contributed by atoms with Crippen molar-refractivity contribution in [2.24, 2.45) is 0 Å². The molecule has 0 saturated carbocycles. The maximum Gasteiger partial charge on any atom is 0.247 e. The Morgan fingerprint density at radius 1 is 1.53 bits per heavy atom. The van der Waals surface area contributed by atoms with Crippen LogP contribution in [0.25, 0.3) is 0 Å². The fraction of sp³-hybridized carbons (Fsp3) is 0.727. The molecule has 2 N–H and O–H groups in total. The van der Waals surface area contributed by atoms with Gasteiger partial charge in [-0.05, 0) is 25.8 Å². The van der Waals surface area contributed by atoms with Gasteiger partial charge in [-0.25, -0.2) is 0 Å². The number of carbonyl (C=O) groups excluding carboxylic acids is 1. The Kier molecular flexibility index (Phi) is 3.07. The number of hydrogen-bond donors (Lipinski definition) is 2. The summed E-state index contributed by atoms with van der Waals surface area (Å²) in [5.74, 6) is 0.0638. The summed E-state index contributed by atoms with van der Waals surface area (Å²) in [5, 5.41) is 6.16. The zero-order chi connectivity index (χ0) is 10.8. The summed E-state index contributed by atoms with van der Waals surface area (Å²) in [7, 11) is 0. The van der Waals surface area contributed by atoms with Crippen LogP contribution in [0.4, 0.5) is 0 Å². The van der Waals surface area contributed by atoms with Crippen LogP contribution in [0.5, 0.6) is 0 Å². The number of amides is 1. The highest BCUT2D eigenvalue weighted by atomic mass is 16.5. The van der Waals surface area contributed by atoms with E-state index in [1.54, 1.807) is 0 Å². The summed E-state index contributed by atoms with van der Waals surface area (Å²) in [6.45, 7) is 6.37. The molecule has 2 heterocycles. The molecule has 0 aromatic heterocycles. The van der Waals surface area contributed by atoms with Crippen molar-refractivity contribution >= 4 is 5.91 Å². The first-order chi connectivity index (χ1) is 7.18. The highest BCUT2D eigenvalue weighted by molar-refractivity contribution is 5.94. The molecular formula is C11H18N2O2.